The number of aliphatic imine (C=N–C) groups is 2. The molecule has 0 saturated heterocycles. The standard InChI is InChI=1S/C23H26FN7O3/c1-13(2)28-19(23(4,5)22(33)34-6)21(32)29-14(3)18-16-10-15(24)11-27-20(16)31(30-18)12-17-25-8-7-9-26-17/h7-11,32H,12H2,1-6H3/b21-19+,29-14+. The van der Waals surface area contributed by atoms with Crippen LogP contribution in [0.5, 0.6) is 0 Å². The van der Waals surface area contributed by atoms with Crippen molar-refractivity contribution in [3.8, 4) is 0 Å². The summed E-state index contributed by atoms with van der Waals surface area (Å²) < 4.78 is 20.4. The summed E-state index contributed by atoms with van der Waals surface area (Å²) in [6, 6.07) is 2.99. The zero-order chi connectivity index (χ0) is 25.0. The Bertz CT molecular complexity index is 1310. The number of methoxy groups -OCH3 is 1. The smallest absolute Gasteiger partial charge is 0.317 e. The minimum absolute atomic E-state index is 0.0319. The topological polar surface area (TPSA) is 128 Å². The van der Waals surface area contributed by atoms with E-state index in [4.69, 9.17) is 4.74 Å². The number of halogens is 1. The van der Waals surface area contributed by atoms with E-state index < -0.39 is 23.1 Å². The number of hydrogen-bond acceptors (Lipinski definition) is 9. The summed E-state index contributed by atoms with van der Waals surface area (Å²) in [4.78, 5) is 33.5. The Morgan fingerprint density at radius 3 is 2.47 bits per heavy atom. The molecule has 3 aromatic heterocycles. The Hall–Kier alpha value is -4.02. The fraction of sp³-hybridized carbons (Fsp3) is 0.348. The predicted octanol–water partition coefficient (Wildman–Crippen LogP) is 3.62. The van der Waals surface area contributed by atoms with Crippen molar-refractivity contribution in [3.63, 3.8) is 0 Å². The van der Waals surface area contributed by atoms with E-state index in [2.05, 4.69) is 30.0 Å². The molecule has 0 aromatic carbocycles. The molecule has 0 fully saturated rings. The van der Waals surface area contributed by atoms with Gasteiger partial charge in [-0.25, -0.2) is 29.0 Å². The van der Waals surface area contributed by atoms with Crippen molar-refractivity contribution in [2.24, 2.45) is 15.4 Å². The number of aliphatic hydroxyl groups excluding tert-OH is 1. The van der Waals surface area contributed by atoms with Gasteiger partial charge >= 0.3 is 5.97 Å². The highest BCUT2D eigenvalue weighted by atomic mass is 19.1. The fourth-order valence-corrected chi connectivity index (χ4v) is 3.27. The number of rotatable bonds is 7. The number of aliphatic hydroxyl groups is 1. The fourth-order valence-electron chi connectivity index (χ4n) is 3.27. The van der Waals surface area contributed by atoms with E-state index in [1.165, 1.54) is 17.9 Å². The molecule has 0 aliphatic rings. The number of hydrogen-bond donors (Lipinski definition) is 1. The van der Waals surface area contributed by atoms with E-state index in [1.54, 1.807) is 53.1 Å². The maximum atomic E-state index is 14.0. The third kappa shape index (κ3) is 5.13. The number of ether oxygens (including phenoxy) is 1. The Balaban J connectivity index is 2.16. The summed E-state index contributed by atoms with van der Waals surface area (Å²) in [6.45, 7) is 8.41. The lowest BCUT2D eigenvalue weighted by molar-refractivity contribution is -0.148. The van der Waals surface area contributed by atoms with Crippen LogP contribution in [0.1, 0.15) is 46.1 Å². The molecule has 3 heterocycles. The zero-order valence-corrected chi connectivity index (χ0v) is 19.9. The van der Waals surface area contributed by atoms with Crippen molar-refractivity contribution in [3.05, 3.63) is 59.6 Å². The van der Waals surface area contributed by atoms with Gasteiger partial charge in [-0.15, -0.1) is 0 Å². The number of nitrogens with zero attached hydrogens (tertiary/aromatic N) is 7. The van der Waals surface area contributed by atoms with E-state index in [1.807, 2.05) is 0 Å². The molecule has 0 amide bonds. The van der Waals surface area contributed by atoms with Gasteiger partial charge in [0, 0.05) is 18.1 Å². The molecule has 0 radical (unpaired) electrons. The monoisotopic (exact) mass is 467 g/mol. The summed E-state index contributed by atoms with van der Waals surface area (Å²) in [5, 5.41) is 15.8. The van der Waals surface area contributed by atoms with Crippen LogP contribution in [0.4, 0.5) is 4.39 Å². The van der Waals surface area contributed by atoms with Crippen LogP contribution in [0.25, 0.3) is 11.0 Å². The summed E-state index contributed by atoms with van der Waals surface area (Å²) in [5.41, 5.74) is 0.334. The lowest BCUT2D eigenvalue weighted by Crippen LogP contribution is -2.28. The Morgan fingerprint density at radius 2 is 1.85 bits per heavy atom. The molecule has 0 aliphatic heterocycles. The number of esters is 1. The largest absolute Gasteiger partial charge is 0.492 e. The molecule has 0 saturated carbocycles. The first-order chi connectivity index (χ1) is 16.0. The second kappa shape index (κ2) is 9.86. The molecule has 3 aromatic rings. The molecule has 0 atom stereocenters. The highest BCUT2D eigenvalue weighted by Crippen LogP contribution is 2.32. The number of carbonyl (C=O) groups excluding carboxylic acids is 1. The third-order valence-electron chi connectivity index (χ3n) is 4.92. The van der Waals surface area contributed by atoms with Crippen molar-refractivity contribution < 1.29 is 19.0 Å². The molecule has 178 valence electrons. The van der Waals surface area contributed by atoms with Gasteiger partial charge < -0.3 is 9.84 Å². The molecular formula is C23H26FN7O3. The summed E-state index contributed by atoms with van der Waals surface area (Å²) >= 11 is 0. The summed E-state index contributed by atoms with van der Waals surface area (Å²) in [5.74, 6) is -1.12. The van der Waals surface area contributed by atoms with Crippen LogP contribution in [0, 0.1) is 11.2 Å². The maximum absolute atomic E-state index is 14.0. The van der Waals surface area contributed by atoms with Crippen molar-refractivity contribution >= 4 is 28.4 Å². The zero-order valence-electron chi connectivity index (χ0n) is 19.9. The summed E-state index contributed by atoms with van der Waals surface area (Å²) in [6.07, 6.45) is 4.31. The van der Waals surface area contributed by atoms with Crippen molar-refractivity contribution in [1.29, 1.82) is 0 Å². The van der Waals surface area contributed by atoms with Crippen LogP contribution >= 0.6 is 0 Å². The van der Waals surface area contributed by atoms with Gasteiger partial charge in [-0.3, -0.25) is 9.79 Å². The SMILES string of the molecule is COC(=O)C(C)(C)/C(N=C(C)C)=C(O)/N=C(\C)c1nn(Cc2ncccn2)c2ncc(F)cc12. The maximum Gasteiger partial charge on any atom is 0.317 e. The van der Waals surface area contributed by atoms with Crippen LogP contribution in [0.2, 0.25) is 0 Å². The average Bonchev–Trinajstić information content (AvgIpc) is 3.14. The molecule has 0 aliphatic carbocycles. The molecular weight excluding hydrogens is 441 g/mol. The van der Waals surface area contributed by atoms with E-state index in [0.717, 1.165) is 6.20 Å². The lowest BCUT2D eigenvalue weighted by Gasteiger charge is -2.22. The Morgan fingerprint density at radius 1 is 1.18 bits per heavy atom. The first-order valence-corrected chi connectivity index (χ1v) is 10.4. The van der Waals surface area contributed by atoms with Crippen LogP contribution in [-0.2, 0) is 16.1 Å². The Kier molecular flexibility index (Phi) is 7.14. The van der Waals surface area contributed by atoms with E-state index >= 15 is 0 Å². The van der Waals surface area contributed by atoms with Gasteiger partial charge in [0.15, 0.2) is 5.65 Å². The minimum atomic E-state index is -1.28. The van der Waals surface area contributed by atoms with Crippen LogP contribution in [0.15, 0.2) is 52.3 Å². The van der Waals surface area contributed by atoms with E-state index in [0.29, 0.717) is 28.3 Å². The average molecular weight is 468 g/mol. The molecule has 10 nitrogen and oxygen atoms in total. The van der Waals surface area contributed by atoms with Gasteiger partial charge in [0.05, 0.1) is 24.4 Å². The van der Waals surface area contributed by atoms with Crippen molar-refractivity contribution in [2.75, 3.05) is 7.11 Å². The van der Waals surface area contributed by atoms with Crippen LogP contribution in [-0.4, -0.2) is 54.3 Å². The van der Waals surface area contributed by atoms with Crippen LogP contribution < -0.4 is 0 Å². The van der Waals surface area contributed by atoms with Gasteiger partial charge in [-0.2, -0.15) is 5.10 Å². The first kappa shape index (κ1) is 24.6. The van der Waals surface area contributed by atoms with E-state index in [-0.39, 0.29) is 18.0 Å². The molecule has 11 heteroatoms. The molecule has 0 bridgehead atoms. The molecule has 0 unspecified atom stereocenters. The van der Waals surface area contributed by atoms with Crippen molar-refractivity contribution in [1.82, 2.24) is 24.7 Å². The third-order valence-corrected chi connectivity index (χ3v) is 4.92. The quantitative estimate of drug-likeness (QED) is 0.319. The number of pyridine rings is 1. The molecule has 1 N–H and O–H groups in total. The highest BCUT2D eigenvalue weighted by Gasteiger charge is 2.36. The molecule has 34 heavy (non-hydrogen) atoms. The van der Waals surface area contributed by atoms with Crippen LogP contribution in [0.3, 0.4) is 0 Å². The minimum Gasteiger partial charge on any atom is -0.492 e. The second-order valence-electron chi connectivity index (χ2n) is 8.24. The molecule has 3 rings (SSSR count). The predicted molar refractivity (Wildman–Crippen MR) is 125 cm³/mol. The Labute approximate surface area is 196 Å². The van der Waals surface area contributed by atoms with Gasteiger partial charge in [-0.1, -0.05) is 0 Å². The van der Waals surface area contributed by atoms with Gasteiger partial charge in [0.1, 0.15) is 35.0 Å². The number of fused-ring (bicyclic) bond motifs is 1. The summed E-state index contributed by atoms with van der Waals surface area (Å²) in [7, 11) is 1.26. The van der Waals surface area contributed by atoms with Gasteiger partial charge in [-0.05, 0) is 46.8 Å². The normalized spacial score (nSPS) is 13.0. The van der Waals surface area contributed by atoms with Gasteiger partial charge in [0.2, 0.25) is 5.88 Å². The highest BCUT2D eigenvalue weighted by molar-refractivity contribution is 6.07. The lowest BCUT2D eigenvalue weighted by atomic mass is 9.89. The second-order valence-corrected chi connectivity index (χ2v) is 8.24. The number of carbonyl (C=O) groups is 1. The van der Waals surface area contributed by atoms with E-state index in [9.17, 15) is 14.3 Å². The van der Waals surface area contributed by atoms with Gasteiger partial charge in [0.25, 0.3) is 0 Å². The molecule has 0 spiro atoms. The number of aromatic nitrogens is 5. The first-order valence-electron chi connectivity index (χ1n) is 10.4. The van der Waals surface area contributed by atoms with Crippen molar-refractivity contribution in [2.45, 2.75) is 41.2 Å².